The summed E-state index contributed by atoms with van der Waals surface area (Å²) in [5, 5.41) is 10.5. The first-order valence-electron chi connectivity index (χ1n) is 8.40. The van der Waals surface area contributed by atoms with E-state index in [1.807, 2.05) is 24.3 Å². The monoisotopic (exact) mass is 328 g/mol. The van der Waals surface area contributed by atoms with Crippen LogP contribution in [0, 0.1) is 0 Å². The standard InChI is InChI=1S/C20H24O4/c1-4-5-14-9-16(20(21)19(11-14)22-3)13(2)8-15-6-7-17-18(10-15)24-12-23-17/h6-7,9-11,13,21H,4-5,8,12H2,1-3H3/t13-/m1/s1. The molecule has 0 radical (unpaired) electrons. The molecule has 2 aromatic carbocycles. The Morgan fingerprint density at radius 2 is 1.92 bits per heavy atom. The second kappa shape index (κ2) is 7.04. The molecule has 0 aromatic heterocycles. The van der Waals surface area contributed by atoms with Crippen molar-refractivity contribution in [1.29, 1.82) is 0 Å². The summed E-state index contributed by atoms with van der Waals surface area (Å²) in [5.41, 5.74) is 3.28. The van der Waals surface area contributed by atoms with Crippen LogP contribution in [0.2, 0.25) is 0 Å². The highest BCUT2D eigenvalue weighted by Gasteiger charge is 2.19. The van der Waals surface area contributed by atoms with E-state index >= 15 is 0 Å². The molecule has 1 heterocycles. The lowest BCUT2D eigenvalue weighted by molar-refractivity contribution is 0.174. The summed E-state index contributed by atoms with van der Waals surface area (Å²) in [6.07, 6.45) is 2.84. The molecule has 0 spiro atoms. The van der Waals surface area contributed by atoms with Crippen LogP contribution in [0.4, 0.5) is 0 Å². The Morgan fingerprint density at radius 1 is 1.12 bits per heavy atom. The molecular formula is C20H24O4. The fourth-order valence-electron chi connectivity index (χ4n) is 3.18. The number of ether oxygens (including phenoxy) is 3. The van der Waals surface area contributed by atoms with Gasteiger partial charge >= 0.3 is 0 Å². The molecule has 1 N–H and O–H groups in total. The number of hydrogen-bond donors (Lipinski definition) is 1. The van der Waals surface area contributed by atoms with Crippen LogP contribution >= 0.6 is 0 Å². The molecule has 0 fully saturated rings. The molecule has 0 aliphatic carbocycles. The van der Waals surface area contributed by atoms with Crippen LogP contribution in [0.3, 0.4) is 0 Å². The van der Waals surface area contributed by atoms with Crippen molar-refractivity contribution in [1.82, 2.24) is 0 Å². The van der Waals surface area contributed by atoms with Crippen molar-refractivity contribution in [3.05, 3.63) is 47.0 Å². The number of benzene rings is 2. The van der Waals surface area contributed by atoms with Crippen molar-refractivity contribution in [2.75, 3.05) is 13.9 Å². The maximum Gasteiger partial charge on any atom is 0.231 e. The molecular weight excluding hydrogens is 304 g/mol. The van der Waals surface area contributed by atoms with E-state index in [2.05, 4.69) is 19.9 Å². The van der Waals surface area contributed by atoms with Gasteiger partial charge in [0.05, 0.1) is 7.11 Å². The third-order valence-electron chi connectivity index (χ3n) is 4.43. The van der Waals surface area contributed by atoms with Gasteiger partial charge in [-0.25, -0.2) is 0 Å². The molecule has 1 aliphatic heterocycles. The van der Waals surface area contributed by atoms with Crippen LogP contribution < -0.4 is 14.2 Å². The summed E-state index contributed by atoms with van der Waals surface area (Å²) in [4.78, 5) is 0. The second-order valence-corrected chi connectivity index (χ2v) is 6.28. The second-order valence-electron chi connectivity index (χ2n) is 6.28. The van der Waals surface area contributed by atoms with Crippen LogP contribution in [-0.2, 0) is 12.8 Å². The highest BCUT2D eigenvalue weighted by molar-refractivity contribution is 5.51. The topological polar surface area (TPSA) is 47.9 Å². The van der Waals surface area contributed by atoms with Gasteiger partial charge in [0.1, 0.15) is 0 Å². The number of phenols is 1. The number of aromatic hydroxyl groups is 1. The van der Waals surface area contributed by atoms with Crippen LogP contribution in [-0.4, -0.2) is 19.0 Å². The highest BCUT2D eigenvalue weighted by Crippen LogP contribution is 2.39. The van der Waals surface area contributed by atoms with Crippen LogP contribution in [0.15, 0.2) is 30.3 Å². The van der Waals surface area contributed by atoms with Crippen molar-refractivity contribution < 1.29 is 19.3 Å². The highest BCUT2D eigenvalue weighted by atomic mass is 16.7. The quantitative estimate of drug-likeness (QED) is 0.852. The first kappa shape index (κ1) is 16.5. The smallest absolute Gasteiger partial charge is 0.231 e. The Kier molecular flexibility index (Phi) is 4.84. The van der Waals surface area contributed by atoms with Crippen molar-refractivity contribution in [2.24, 2.45) is 0 Å². The van der Waals surface area contributed by atoms with Gasteiger partial charge in [-0.15, -0.1) is 0 Å². The molecule has 1 aliphatic rings. The molecule has 0 saturated carbocycles. The predicted molar refractivity (Wildman–Crippen MR) is 93.3 cm³/mol. The molecule has 0 unspecified atom stereocenters. The number of methoxy groups -OCH3 is 1. The summed E-state index contributed by atoms with van der Waals surface area (Å²) in [6, 6.07) is 10.0. The van der Waals surface area contributed by atoms with Gasteiger partial charge in [-0.2, -0.15) is 0 Å². The SMILES string of the molecule is CCCc1cc(OC)c(O)c([C@H](C)Cc2ccc3c(c2)OCO3)c1. The van der Waals surface area contributed by atoms with E-state index in [4.69, 9.17) is 14.2 Å². The van der Waals surface area contributed by atoms with Crippen LogP contribution in [0.25, 0.3) is 0 Å². The van der Waals surface area contributed by atoms with E-state index in [1.165, 1.54) is 5.56 Å². The van der Waals surface area contributed by atoms with E-state index in [0.29, 0.717) is 5.75 Å². The van der Waals surface area contributed by atoms with Crippen molar-refractivity contribution >= 4 is 0 Å². The lowest BCUT2D eigenvalue weighted by Gasteiger charge is -2.18. The Balaban J connectivity index is 1.86. The van der Waals surface area contributed by atoms with Gasteiger partial charge in [-0.3, -0.25) is 0 Å². The Labute approximate surface area is 143 Å². The fourth-order valence-corrected chi connectivity index (χ4v) is 3.18. The molecule has 0 saturated heterocycles. The van der Waals surface area contributed by atoms with Gasteiger partial charge in [0.2, 0.25) is 6.79 Å². The van der Waals surface area contributed by atoms with Gasteiger partial charge in [0, 0.05) is 5.56 Å². The van der Waals surface area contributed by atoms with E-state index in [9.17, 15) is 5.11 Å². The fraction of sp³-hybridized carbons (Fsp3) is 0.400. The van der Waals surface area contributed by atoms with Gasteiger partial charge in [-0.05, 0) is 48.1 Å². The van der Waals surface area contributed by atoms with Gasteiger partial charge in [-0.1, -0.05) is 32.4 Å². The van der Waals surface area contributed by atoms with E-state index in [-0.39, 0.29) is 18.5 Å². The average Bonchev–Trinajstić information content (AvgIpc) is 3.04. The first-order chi connectivity index (χ1) is 11.6. The number of aryl methyl sites for hydroxylation is 1. The number of fused-ring (bicyclic) bond motifs is 1. The van der Waals surface area contributed by atoms with E-state index in [0.717, 1.165) is 41.9 Å². The molecule has 4 heteroatoms. The third kappa shape index (κ3) is 3.28. The summed E-state index contributed by atoms with van der Waals surface area (Å²) < 4.78 is 16.1. The van der Waals surface area contributed by atoms with Crippen LogP contribution in [0.5, 0.6) is 23.0 Å². The van der Waals surface area contributed by atoms with Crippen molar-refractivity contribution in [2.45, 2.75) is 39.0 Å². The summed E-state index contributed by atoms with van der Waals surface area (Å²) in [5.74, 6) is 2.54. The predicted octanol–water partition coefficient (Wildman–Crippen LogP) is 4.43. The minimum Gasteiger partial charge on any atom is -0.504 e. The lowest BCUT2D eigenvalue weighted by atomic mass is 9.90. The first-order valence-corrected chi connectivity index (χ1v) is 8.40. The zero-order valence-electron chi connectivity index (χ0n) is 14.5. The maximum absolute atomic E-state index is 10.5. The molecule has 0 bridgehead atoms. The average molecular weight is 328 g/mol. The van der Waals surface area contributed by atoms with Gasteiger partial charge in [0.25, 0.3) is 0 Å². The maximum atomic E-state index is 10.5. The zero-order valence-corrected chi connectivity index (χ0v) is 14.5. The Bertz CT molecular complexity index is 724. The van der Waals surface area contributed by atoms with Crippen molar-refractivity contribution in [3.63, 3.8) is 0 Å². The molecule has 2 aromatic rings. The zero-order chi connectivity index (χ0) is 17.1. The van der Waals surface area contributed by atoms with Gasteiger partial charge in [0.15, 0.2) is 23.0 Å². The summed E-state index contributed by atoms with van der Waals surface area (Å²) in [6.45, 7) is 4.55. The van der Waals surface area contributed by atoms with Gasteiger partial charge < -0.3 is 19.3 Å². The minimum atomic E-state index is 0.163. The summed E-state index contributed by atoms with van der Waals surface area (Å²) in [7, 11) is 1.59. The molecule has 24 heavy (non-hydrogen) atoms. The number of hydrogen-bond acceptors (Lipinski definition) is 4. The molecule has 4 nitrogen and oxygen atoms in total. The number of rotatable bonds is 6. The Hall–Kier alpha value is -2.36. The lowest BCUT2D eigenvalue weighted by Crippen LogP contribution is -2.02. The Morgan fingerprint density at radius 3 is 2.67 bits per heavy atom. The normalized spacial score (nSPS) is 13.8. The molecule has 3 rings (SSSR count). The van der Waals surface area contributed by atoms with E-state index < -0.39 is 0 Å². The van der Waals surface area contributed by atoms with Crippen LogP contribution in [0.1, 0.15) is 42.9 Å². The molecule has 1 atom stereocenters. The molecule has 128 valence electrons. The number of phenolic OH excluding ortho intramolecular Hbond substituents is 1. The minimum absolute atomic E-state index is 0.163. The van der Waals surface area contributed by atoms with Crippen molar-refractivity contribution in [3.8, 4) is 23.0 Å². The molecule has 0 amide bonds. The van der Waals surface area contributed by atoms with E-state index in [1.54, 1.807) is 7.11 Å². The third-order valence-corrected chi connectivity index (χ3v) is 4.43. The summed E-state index contributed by atoms with van der Waals surface area (Å²) >= 11 is 0. The largest absolute Gasteiger partial charge is 0.504 e.